The van der Waals surface area contributed by atoms with Gasteiger partial charge in [0.1, 0.15) is 5.60 Å². The third-order valence-corrected chi connectivity index (χ3v) is 4.32. The fourth-order valence-corrected chi connectivity index (χ4v) is 3.10. The highest BCUT2D eigenvalue weighted by molar-refractivity contribution is 5.91. The molecule has 2 heterocycles. The molecule has 1 atom stereocenters. The lowest BCUT2D eigenvalue weighted by atomic mass is 9.95. The molecule has 1 aromatic carbocycles. The summed E-state index contributed by atoms with van der Waals surface area (Å²) >= 11 is 0. The van der Waals surface area contributed by atoms with Gasteiger partial charge in [0.2, 0.25) is 5.88 Å². The van der Waals surface area contributed by atoms with Crippen molar-refractivity contribution in [1.82, 2.24) is 9.88 Å². The van der Waals surface area contributed by atoms with E-state index in [0.717, 1.165) is 12.1 Å². The molecular formula is C19H22F2N2O4. The summed E-state index contributed by atoms with van der Waals surface area (Å²) < 4.78 is 44.0. The smallest absolute Gasteiger partial charge is 0.410 e. The number of likely N-dealkylation sites (N-methyl/N-ethyl adjacent to an activating group) is 1. The van der Waals surface area contributed by atoms with Crippen molar-refractivity contribution in [3.8, 4) is 5.88 Å². The van der Waals surface area contributed by atoms with Crippen LogP contribution in [0.1, 0.15) is 38.1 Å². The van der Waals surface area contributed by atoms with Crippen molar-refractivity contribution in [1.29, 1.82) is 0 Å². The van der Waals surface area contributed by atoms with Gasteiger partial charge < -0.3 is 19.1 Å². The molecule has 1 aromatic heterocycles. The average Bonchev–Trinajstić information content (AvgIpc) is 2.59. The van der Waals surface area contributed by atoms with Gasteiger partial charge in [0.15, 0.2) is 11.6 Å². The average molecular weight is 380 g/mol. The van der Waals surface area contributed by atoms with Gasteiger partial charge in [-0.05, 0) is 38.3 Å². The molecule has 6 nitrogen and oxygen atoms in total. The van der Waals surface area contributed by atoms with Crippen LogP contribution in [0.5, 0.6) is 5.88 Å². The lowest BCUT2D eigenvalue weighted by molar-refractivity contribution is -0.000809. The van der Waals surface area contributed by atoms with Crippen LogP contribution in [-0.2, 0) is 16.1 Å². The fraction of sp³-hybridized carbons (Fsp3) is 0.474. The molecule has 0 aliphatic carbocycles. The van der Waals surface area contributed by atoms with Crippen LogP contribution in [-0.4, -0.2) is 42.3 Å². The first kappa shape index (κ1) is 19.3. The number of amides is 1. The Labute approximate surface area is 156 Å². The minimum atomic E-state index is -0.994. The Morgan fingerprint density at radius 2 is 1.89 bits per heavy atom. The summed E-state index contributed by atoms with van der Waals surface area (Å²) in [6, 6.07) is 1.60. The van der Waals surface area contributed by atoms with E-state index in [1.165, 1.54) is 12.0 Å². The minimum Gasteiger partial charge on any atom is -0.481 e. The number of rotatable bonds is 2. The van der Waals surface area contributed by atoms with E-state index in [0.29, 0.717) is 22.0 Å². The van der Waals surface area contributed by atoms with Crippen LogP contribution in [0.2, 0.25) is 0 Å². The van der Waals surface area contributed by atoms with E-state index >= 15 is 0 Å². The van der Waals surface area contributed by atoms with Crippen LogP contribution < -0.4 is 4.74 Å². The predicted octanol–water partition coefficient (Wildman–Crippen LogP) is 3.96. The van der Waals surface area contributed by atoms with Crippen LogP contribution in [0.15, 0.2) is 12.1 Å². The zero-order valence-corrected chi connectivity index (χ0v) is 15.9. The summed E-state index contributed by atoms with van der Waals surface area (Å²) in [5, 5.41) is 0.763. The molecule has 0 N–H and O–H groups in total. The number of hydrogen-bond donors (Lipinski definition) is 0. The molecule has 27 heavy (non-hydrogen) atoms. The molecule has 0 saturated heterocycles. The lowest BCUT2D eigenvalue weighted by Gasteiger charge is -2.34. The maximum absolute atomic E-state index is 14.0. The first-order valence-corrected chi connectivity index (χ1v) is 8.51. The van der Waals surface area contributed by atoms with Crippen LogP contribution in [0.3, 0.4) is 0 Å². The first-order valence-electron chi connectivity index (χ1n) is 8.51. The molecular weight excluding hydrogens is 358 g/mol. The Kier molecular flexibility index (Phi) is 4.94. The molecule has 0 fully saturated rings. The summed E-state index contributed by atoms with van der Waals surface area (Å²) in [5.74, 6) is -1.80. The third-order valence-electron chi connectivity index (χ3n) is 4.32. The van der Waals surface area contributed by atoms with Crippen LogP contribution >= 0.6 is 0 Å². The van der Waals surface area contributed by atoms with E-state index < -0.39 is 29.4 Å². The largest absolute Gasteiger partial charge is 0.481 e. The van der Waals surface area contributed by atoms with Gasteiger partial charge in [0.05, 0.1) is 32.1 Å². The van der Waals surface area contributed by atoms with Crippen LogP contribution in [0.25, 0.3) is 10.8 Å². The van der Waals surface area contributed by atoms with Crippen molar-refractivity contribution >= 4 is 16.9 Å². The Morgan fingerprint density at radius 3 is 2.48 bits per heavy atom. The minimum absolute atomic E-state index is 0.173. The zero-order valence-electron chi connectivity index (χ0n) is 15.9. The number of fused-ring (bicyclic) bond motifs is 3. The highest BCUT2D eigenvalue weighted by Gasteiger charge is 2.33. The van der Waals surface area contributed by atoms with Crippen LogP contribution in [0, 0.1) is 11.6 Å². The van der Waals surface area contributed by atoms with Crippen molar-refractivity contribution in [2.45, 2.75) is 39.0 Å². The number of ether oxygens (including phenoxy) is 3. The molecule has 146 valence electrons. The van der Waals surface area contributed by atoms with Crippen molar-refractivity contribution in [2.24, 2.45) is 0 Å². The third kappa shape index (κ3) is 3.66. The van der Waals surface area contributed by atoms with E-state index in [4.69, 9.17) is 14.2 Å². The van der Waals surface area contributed by atoms with E-state index in [1.807, 2.05) is 0 Å². The van der Waals surface area contributed by atoms with Crippen molar-refractivity contribution in [2.75, 3.05) is 20.8 Å². The number of halogens is 2. The second kappa shape index (κ2) is 6.92. The summed E-state index contributed by atoms with van der Waals surface area (Å²) in [6.07, 6.45) is -0.546. The lowest BCUT2D eigenvalue weighted by Crippen LogP contribution is -2.40. The first-order chi connectivity index (χ1) is 12.6. The topological polar surface area (TPSA) is 60.9 Å². The van der Waals surface area contributed by atoms with E-state index in [1.54, 1.807) is 27.8 Å². The monoisotopic (exact) mass is 380 g/mol. The molecule has 0 radical (unpaired) electrons. The molecule has 2 aromatic rings. The highest BCUT2D eigenvalue weighted by atomic mass is 19.2. The van der Waals surface area contributed by atoms with Gasteiger partial charge in [-0.25, -0.2) is 18.6 Å². The van der Waals surface area contributed by atoms with Gasteiger partial charge in [-0.3, -0.25) is 0 Å². The maximum Gasteiger partial charge on any atom is 0.410 e. The van der Waals surface area contributed by atoms with Crippen molar-refractivity contribution in [3.63, 3.8) is 0 Å². The summed E-state index contributed by atoms with van der Waals surface area (Å²) in [5.41, 5.74) is 0.445. The quantitative estimate of drug-likeness (QED) is 0.789. The van der Waals surface area contributed by atoms with Crippen LogP contribution in [0.4, 0.5) is 13.6 Å². The van der Waals surface area contributed by atoms with E-state index in [9.17, 15) is 13.6 Å². The Morgan fingerprint density at radius 1 is 1.26 bits per heavy atom. The number of hydrogen-bond acceptors (Lipinski definition) is 5. The second-order valence-electron chi connectivity index (χ2n) is 7.42. The number of nitrogens with zero attached hydrogens (tertiary/aromatic N) is 2. The van der Waals surface area contributed by atoms with Gasteiger partial charge in [-0.2, -0.15) is 0 Å². The van der Waals surface area contributed by atoms with Gasteiger partial charge in [0.25, 0.3) is 0 Å². The molecule has 0 saturated carbocycles. The molecule has 0 spiro atoms. The zero-order chi connectivity index (χ0) is 19.9. The Bertz CT molecular complexity index is 896. The van der Waals surface area contributed by atoms with Crippen molar-refractivity contribution in [3.05, 3.63) is 35.0 Å². The maximum atomic E-state index is 14.0. The molecule has 8 heteroatoms. The molecule has 1 aliphatic rings. The molecule has 0 bridgehead atoms. The number of carbonyl (C=O) groups is 1. The number of carbonyl (C=O) groups excluding carboxylic acids is 1. The molecule has 0 unspecified atom stereocenters. The molecule has 1 amide bonds. The normalized spacial score (nSPS) is 16.8. The number of methoxy groups -OCH3 is 1. The SMILES string of the molecule is COc1nc2c(c3cc(F)c(F)cc13)[C@@H](N(C)C(=O)OC(C)(C)C)COC2. The number of benzene rings is 1. The number of aromatic nitrogens is 1. The second-order valence-corrected chi connectivity index (χ2v) is 7.42. The predicted molar refractivity (Wildman–Crippen MR) is 94.6 cm³/mol. The standard InChI is InChI=1S/C19H22F2N2O4/c1-19(2,3)27-18(24)23(4)15-9-26-8-14-16(15)10-6-12(20)13(21)7-11(10)17(22-14)25-5/h6-7,15H,8-9H2,1-5H3/t15-/m0/s1. The fourth-order valence-electron chi connectivity index (χ4n) is 3.10. The van der Waals surface area contributed by atoms with Crippen molar-refractivity contribution < 1.29 is 27.8 Å². The summed E-state index contributed by atoms with van der Waals surface area (Å²) in [4.78, 5) is 18.3. The summed E-state index contributed by atoms with van der Waals surface area (Å²) in [6.45, 7) is 5.67. The Balaban J connectivity index is 2.15. The Hall–Kier alpha value is -2.48. The van der Waals surface area contributed by atoms with E-state index in [-0.39, 0.29) is 19.1 Å². The summed E-state index contributed by atoms with van der Waals surface area (Å²) in [7, 11) is 2.98. The van der Waals surface area contributed by atoms with Gasteiger partial charge >= 0.3 is 6.09 Å². The molecule has 1 aliphatic heterocycles. The highest BCUT2D eigenvalue weighted by Crippen LogP contribution is 2.38. The van der Waals surface area contributed by atoms with E-state index in [2.05, 4.69) is 4.98 Å². The van der Waals surface area contributed by atoms with Gasteiger partial charge in [-0.1, -0.05) is 0 Å². The molecule has 3 rings (SSSR count). The number of pyridine rings is 1. The van der Waals surface area contributed by atoms with Gasteiger partial charge in [0, 0.05) is 18.0 Å². The van der Waals surface area contributed by atoms with Gasteiger partial charge in [-0.15, -0.1) is 0 Å².